The molecule has 1 saturated heterocycles. The lowest BCUT2D eigenvalue weighted by atomic mass is 10.2. The maximum absolute atomic E-state index is 5.46. The van der Waals surface area contributed by atoms with Gasteiger partial charge in [-0.2, -0.15) is 15.0 Å². The molecule has 186 valence electrons. The third-order valence-electron chi connectivity index (χ3n) is 6.10. The SMILES string of the molecule is CCN(CC)c1nc(Nc2ccc(N3CCOCC3)cc2)nc(Nc2ccc(-n3ccnc3)cc2)n1. The largest absolute Gasteiger partial charge is 0.378 e. The van der Waals surface area contributed by atoms with Crippen LogP contribution in [0, 0.1) is 0 Å². The van der Waals surface area contributed by atoms with Gasteiger partial charge in [-0.3, -0.25) is 0 Å². The van der Waals surface area contributed by atoms with Crippen molar-refractivity contribution in [3.05, 3.63) is 67.3 Å². The summed E-state index contributed by atoms with van der Waals surface area (Å²) in [6, 6.07) is 16.3. The van der Waals surface area contributed by atoms with Crippen molar-refractivity contribution >= 4 is 34.9 Å². The van der Waals surface area contributed by atoms with Gasteiger partial charge in [0.2, 0.25) is 17.8 Å². The normalized spacial score (nSPS) is 13.4. The van der Waals surface area contributed by atoms with E-state index in [1.165, 1.54) is 5.69 Å². The Morgan fingerprint density at radius 3 is 1.92 bits per heavy atom. The van der Waals surface area contributed by atoms with Crippen LogP contribution in [0.1, 0.15) is 13.8 Å². The first-order chi connectivity index (χ1) is 17.7. The van der Waals surface area contributed by atoms with Gasteiger partial charge in [0.1, 0.15) is 0 Å². The third-order valence-corrected chi connectivity index (χ3v) is 6.10. The molecule has 2 N–H and O–H groups in total. The molecule has 0 radical (unpaired) electrons. The highest BCUT2D eigenvalue weighted by Crippen LogP contribution is 2.23. The lowest BCUT2D eigenvalue weighted by molar-refractivity contribution is 0.122. The van der Waals surface area contributed by atoms with Gasteiger partial charge in [0, 0.05) is 61.3 Å². The Labute approximate surface area is 211 Å². The summed E-state index contributed by atoms with van der Waals surface area (Å²) in [6.07, 6.45) is 5.45. The first-order valence-corrected chi connectivity index (χ1v) is 12.3. The maximum atomic E-state index is 5.46. The molecule has 3 heterocycles. The zero-order valence-electron chi connectivity index (χ0n) is 20.6. The van der Waals surface area contributed by atoms with Gasteiger partial charge in [-0.05, 0) is 62.4 Å². The second kappa shape index (κ2) is 11.0. The molecule has 10 nitrogen and oxygen atoms in total. The molecular weight excluding hydrogens is 454 g/mol. The van der Waals surface area contributed by atoms with E-state index in [4.69, 9.17) is 4.74 Å². The Morgan fingerprint density at radius 1 is 0.806 bits per heavy atom. The molecule has 0 spiro atoms. The van der Waals surface area contributed by atoms with E-state index in [1.54, 1.807) is 12.5 Å². The minimum Gasteiger partial charge on any atom is -0.378 e. The molecule has 0 saturated carbocycles. The van der Waals surface area contributed by atoms with E-state index >= 15 is 0 Å². The van der Waals surface area contributed by atoms with E-state index in [0.29, 0.717) is 17.8 Å². The number of benzene rings is 2. The minimum atomic E-state index is 0.481. The molecule has 1 aliphatic rings. The van der Waals surface area contributed by atoms with Gasteiger partial charge < -0.3 is 29.7 Å². The molecule has 1 fully saturated rings. The number of hydrogen-bond acceptors (Lipinski definition) is 9. The fraction of sp³-hybridized carbons (Fsp3) is 0.308. The Balaban J connectivity index is 1.36. The summed E-state index contributed by atoms with van der Waals surface area (Å²) < 4.78 is 7.42. The molecule has 0 atom stereocenters. The van der Waals surface area contributed by atoms with E-state index in [-0.39, 0.29) is 0 Å². The van der Waals surface area contributed by atoms with Crippen molar-refractivity contribution in [2.75, 3.05) is 59.8 Å². The van der Waals surface area contributed by atoms with Crippen molar-refractivity contribution in [1.82, 2.24) is 24.5 Å². The summed E-state index contributed by atoms with van der Waals surface area (Å²) in [5.41, 5.74) is 4.01. The van der Waals surface area contributed by atoms with Crippen LogP contribution in [0.4, 0.5) is 34.9 Å². The standard InChI is InChI=1S/C26H31N9O/c1-3-33(4-2)26-31-24(28-20-5-9-22(10-6-20)34-15-17-36-18-16-34)30-25(32-26)29-21-7-11-23(12-8-21)35-14-13-27-19-35/h5-14,19H,3-4,15-18H2,1-2H3,(H2,28,29,30,31,32). The van der Waals surface area contributed by atoms with Crippen molar-refractivity contribution in [3.63, 3.8) is 0 Å². The number of morpholine rings is 1. The van der Waals surface area contributed by atoms with Gasteiger partial charge >= 0.3 is 0 Å². The van der Waals surface area contributed by atoms with Gasteiger partial charge in [-0.1, -0.05) is 0 Å². The second-order valence-electron chi connectivity index (χ2n) is 8.37. The molecule has 0 unspecified atom stereocenters. The highest BCUT2D eigenvalue weighted by Gasteiger charge is 2.14. The van der Waals surface area contributed by atoms with Crippen molar-refractivity contribution in [2.45, 2.75) is 13.8 Å². The summed E-state index contributed by atoms with van der Waals surface area (Å²) in [6.45, 7) is 9.12. The summed E-state index contributed by atoms with van der Waals surface area (Å²) in [7, 11) is 0. The van der Waals surface area contributed by atoms with Crippen LogP contribution in [0.3, 0.4) is 0 Å². The van der Waals surface area contributed by atoms with Crippen molar-refractivity contribution in [1.29, 1.82) is 0 Å². The predicted molar refractivity (Wildman–Crippen MR) is 143 cm³/mol. The van der Waals surface area contributed by atoms with Crippen molar-refractivity contribution < 1.29 is 4.74 Å². The Hall–Kier alpha value is -4.18. The molecule has 0 aliphatic carbocycles. The molecule has 1 aliphatic heterocycles. The van der Waals surface area contributed by atoms with Gasteiger partial charge in [-0.15, -0.1) is 0 Å². The van der Waals surface area contributed by atoms with E-state index in [0.717, 1.165) is 56.5 Å². The number of anilines is 6. The number of ether oxygens (including phenoxy) is 1. The monoisotopic (exact) mass is 485 g/mol. The number of hydrogen-bond donors (Lipinski definition) is 2. The molecule has 0 bridgehead atoms. The van der Waals surface area contributed by atoms with E-state index in [2.05, 4.69) is 66.3 Å². The van der Waals surface area contributed by atoms with Crippen molar-refractivity contribution in [3.8, 4) is 5.69 Å². The zero-order chi connectivity index (χ0) is 24.7. The molecular formula is C26H31N9O. The Morgan fingerprint density at radius 2 is 1.39 bits per heavy atom. The van der Waals surface area contributed by atoms with Crippen LogP contribution < -0.4 is 20.4 Å². The smallest absolute Gasteiger partial charge is 0.233 e. The topological polar surface area (TPSA) is 96.3 Å². The van der Waals surface area contributed by atoms with Crippen LogP contribution in [0.5, 0.6) is 0 Å². The molecule has 10 heteroatoms. The van der Waals surface area contributed by atoms with Gasteiger partial charge in [0.25, 0.3) is 0 Å². The number of nitrogens with zero attached hydrogens (tertiary/aromatic N) is 7. The molecule has 36 heavy (non-hydrogen) atoms. The summed E-state index contributed by atoms with van der Waals surface area (Å²) in [5, 5.41) is 6.67. The van der Waals surface area contributed by atoms with Crippen LogP contribution in [0.15, 0.2) is 67.3 Å². The third kappa shape index (κ3) is 5.55. The predicted octanol–water partition coefficient (Wildman–Crippen LogP) is 4.23. The fourth-order valence-electron chi connectivity index (χ4n) is 4.09. The maximum Gasteiger partial charge on any atom is 0.233 e. The highest BCUT2D eigenvalue weighted by atomic mass is 16.5. The van der Waals surface area contributed by atoms with Crippen LogP contribution in [-0.4, -0.2) is 63.9 Å². The quantitative estimate of drug-likeness (QED) is 0.361. The molecule has 4 aromatic rings. The lowest BCUT2D eigenvalue weighted by Gasteiger charge is -2.28. The van der Waals surface area contributed by atoms with Gasteiger partial charge in [0.15, 0.2) is 0 Å². The van der Waals surface area contributed by atoms with Crippen LogP contribution in [-0.2, 0) is 4.74 Å². The van der Waals surface area contributed by atoms with Gasteiger partial charge in [0.05, 0.1) is 19.5 Å². The molecule has 5 rings (SSSR count). The van der Waals surface area contributed by atoms with Crippen LogP contribution >= 0.6 is 0 Å². The molecule has 2 aromatic carbocycles. The minimum absolute atomic E-state index is 0.481. The van der Waals surface area contributed by atoms with E-state index in [1.807, 2.05) is 47.2 Å². The average molecular weight is 486 g/mol. The fourth-order valence-corrected chi connectivity index (χ4v) is 4.09. The van der Waals surface area contributed by atoms with E-state index < -0.39 is 0 Å². The van der Waals surface area contributed by atoms with Crippen LogP contribution in [0.25, 0.3) is 5.69 Å². The number of imidazole rings is 1. The zero-order valence-corrected chi connectivity index (χ0v) is 20.6. The first-order valence-electron chi connectivity index (χ1n) is 12.3. The van der Waals surface area contributed by atoms with E-state index in [9.17, 15) is 0 Å². The molecule has 0 amide bonds. The van der Waals surface area contributed by atoms with Gasteiger partial charge in [-0.25, -0.2) is 4.98 Å². The Kier molecular flexibility index (Phi) is 7.23. The summed E-state index contributed by atoms with van der Waals surface area (Å²) in [4.78, 5) is 22.5. The average Bonchev–Trinajstić information content (AvgIpc) is 3.46. The summed E-state index contributed by atoms with van der Waals surface area (Å²) in [5.74, 6) is 1.60. The number of rotatable bonds is 9. The second-order valence-corrected chi connectivity index (χ2v) is 8.37. The van der Waals surface area contributed by atoms with Crippen molar-refractivity contribution in [2.24, 2.45) is 0 Å². The Bertz CT molecular complexity index is 1230. The van der Waals surface area contributed by atoms with Crippen LogP contribution in [0.2, 0.25) is 0 Å². The number of aromatic nitrogens is 5. The summed E-state index contributed by atoms with van der Waals surface area (Å²) >= 11 is 0. The number of nitrogens with one attached hydrogen (secondary N) is 2. The highest BCUT2D eigenvalue weighted by molar-refractivity contribution is 5.62. The molecule has 2 aromatic heterocycles. The lowest BCUT2D eigenvalue weighted by Crippen LogP contribution is -2.36. The first kappa shape index (κ1) is 23.6.